The molecule has 102 valence electrons. The van der Waals surface area contributed by atoms with E-state index in [1.165, 1.54) is 0 Å². The van der Waals surface area contributed by atoms with Gasteiger partial charge in [-0.05, 0) is 56.3 Å². The van der Waals surface area contributed by atoms with Gasteiger partial charge in [0.15, 0.2) is 0 Å². The molecule has 0 aliphatic rings. The summed E-state index contributed by atoms with van der Waals surface area (Å²) in [5, 5.41) is 0. The second-order valence-electron chi connectivity index (χ2n) is 4.48. The van der Waals surface area contributed by atoms with Gasteiger partial charge in [0.05, 0.1) is 0 Å². The zero-order valence-electron chi connectivity index (χ0n) is 12.0. The molecule has 2 rings (SSSR count). The van der Waals surface area contributed by atoms with E-state index in [2.05, 4.69) is 29.2 Å². The third-order valence-electron chi connectivity index (χ3n) is 3.06. The Morgan fingerprint density at radius 2 is 1.50 bits per heavy atom. The fourth-order valence-corrected chi connectivity index (χ4v) is 2.12. The largest absolute Gasteiger partial charge is 0.399 e. The molecule has 20 heavy (non-hydrogen) atoms. The lowest BCUT2D eigenvalue weighted by Crippen LogP contribution is -2.14. The van der Waals surface area contributed by atoms with E-state index in [9.17, 15) is 0 Å². The lowest BCUT2D eigenvalue weighted by molar-refractivity contribution is 1.20. The average molecular weight is 264 g/mol. The van der Waals surface area contributed by atoms with Gasteiger partial charge in [-0.3, -0.25) is 0 Å². The molecule has 2 nitrogen and oxygen atoms in total. The van der Waals surface area contributed by atoms with Crippen LogP contribution in [-0.2, 0) is 0 Å². The summed E-state index contributed by atoms with van der Waals surface area (Å²) in [6.07, 6.45) is 6.25. The van der Waals surface area contributed by atoms with Crippen molar-refractivity contribution in [1.82, 2.24) is 0 Å². The number of benzene rings is 2. The number of anilines is 3. The van der Waals surface area contributed by atoms with Crippen LogP contribution in [0.25, 0.3) is 0 Å². The van der Waals surface area contributed by atoms with Crippen molar-refractivity contribution in [2.24, 2.45) is 0 Å². The molecule has 2 N–H and O–H groups in total. The topological polar surface area (TPSA) is 29.3 Å². The molecular formula is C18H20N2. The molecular weight excluding hydrogens is 244 g/mol. The van der Waals surface area contributed by atoms with Gasteiger partial charge in [-0.15, -0.1) is 0 Å². The van der Waals surface area contributed by atoms with Crippen LogP contribution in [-0.4, -0.2) is 0 Å². The first-order chi connectivity index (χ1) is 9.76. The second-order valence-corrected chi connectivity index (χ2v) is 4.48. The SMILES string of the molecule is C/C=C\C(=C/C)N(c1ccccc1)c1ccc(N)cc1. The summed E-state index contributed by atoms with van der Waals surface area (Å²) < 4.78 is 0. The van der Waals surface area contributed by atoms with Gasteiger partial charge in [0, 0.05) is 22.8 Å². The van der Waals surface area contributed by atoms with Crippen LogP contribution in [0, 0.1) is 0 Å². The summed E-state index contributed by atoms with van der Waals surface area (Å²) in [6.45, 7) is 4.07. The summed E-state index contributed by atoms with van der Waals surface area (Å²) >= 11 is 0. The van der Waals surface area contributed by atoms with Gasteiger partial charge in [0.1, 0.15) is 0 Å². The first kappa shape index (κ1) is 13.9. The highest BCUT2D eigenvalue weighted by Gasteiger charge is 2.11. The van der Waals surface area contributed by atoms with Crippen LogP contribution in [0.4, 0.5) is 17.1 Å². The van der Waals surface area contributed by atoms with Crippen molar-refractivity contribution in [2.45, 2.75) is 13.8 Å². The molecule has 0 saturated carbocycles. The summed E-state index contributed by atoms with van der Waals surface area (Å²) in [6, 6.07) is 18.2. The molecule has 2 aromatic rings. The van der Waals surface area contributed by atoms with Crippen LogP contribution in [0.15, 0.2) is 78.5 Å². The molecule has 0 heterocycles. The van der Waals surface area contributed by atoms with Crippen LogP contribution < -0.4 is 10.6 Å². The lowest BCUT2D eigenvalue weighted by atomic mass is 10.2. The molecule has 0 amide bonds. The smallest absolute Gasteiger partial charge is 0.0462 e. The molecule has 0 atom stereocenters. The number of nitrogens with two attached hydrogens (primary N) is 1. The Balaban J connectivity index is 2.52. The van der Waals surface area contributed by atoms with E-state index in [0.717, 1.165) is 22.8 Å². The maximum absolute atomic E-state index is 5.79. The Bertz CT molecular complexity index is 595. The van der Waals surface area contributed by atoms with Gasteiger partial charge in [-0.25, -0.2) is 0 Å². The van der Waals surface area contributed by atoms with Crippen molar-refractivity contribution in [3.05, 3.63) is 78.5 Å². The summed E-state index contributed by atoms with van der Waals surface area (Å²) in [4.78, 5) is 2.21. The minimum atomic E-state index is 0.773. The highest BCUT2D eigenvalue weighted by atomic mass is 15.1. The molecule has 0 spiro atoms. The van der Waals surface area contributed by atoms with Gasteiger partial charge in [0.2, 0.25) is 0 Å². The van der Waals surface area contributed by atoms with Gasteiger partial charge >= 0.3 is 0 Å². The summed E-state index contributed by atoms with van der Waals surface area (Å²) in [7, 11) is 0. The van der Waals surface area contributed by atoms with E-state index in [4.69, 9.17) is 5.73 Å². The molecule has 0 unspecified atom stereocenters. The van der Waals surface area contributed by atoms with Crippen LogP contribution in [0.3, 0.4) is 0 Å². The standard InChI is InChI=1S/C18H20N2/c1-3-8-16(4-2)20(17-9-6-5-7-10-17)18-13-11-15(19)12-14-18/h3-14H,19H2,1-2H3/b8-3-,16-4+. The van der Waals surface area contributed by atoms with Gasteiger partial charge < -0.3 is 10.6 Å². The van der Waals surface area contributed by atoms with E-state index in [1.54, 1.807) is 0 Å². The summed E-state index contributed by atoms with van der Waals surface area (Å²) in [5.74, 6) is 0. The van der Waals surface area contributed by atoms with E-state index < -0.39 is 0 Å². The second kappa shape index (κ2) is 6.62. The predicted molar refractivity (Wildman–Crippen MR) is 88.0 cm³/mol. The average Bonchev–Trinajstić information content (AvgIpc) is 2.49. The monoisotopic (exact) mass is 264 g/mol. The highest BCUT2D eigenvalue weighted by molar-refractivity contribution is 5.71. The molecule has 2 aromatic carbocycles. The minimum Gasteiger partial charge on any atom is -0.399 e. The number of rotatable bonds is 4. The van der Waals surface area contributed by atoms with Gasteiger partial charge in [-0.1, -0.05) is 30.4 Å². The fourth-order valence-electron chi connectivity index (χ4n) is 2.12. The zero-order valence-corrected chi connectivity index (χ0v) is 12.0. The van der Waals surface area contributed by atoms with Crippen molar-refractivity contribution < 1.29 is 0 Å². The number of para-hydroxylation sites is 1. The first-order valence-electron chi connectivity index (χ1n) is 6.76. The number of hydrogen-bond acceptors (Lipinski definition) is 2. The molecule has 0 aromatic heterocycles. The molecule has 0 bridgehead atoms. The lowest BCUT2D eigenvalue weighted by Gasteiger charge is -2.26. The highest BCUT2D eigenvalue weighted by Crippen LogP contribution is 2.30. The minimum absolute atomic E-state index is 0.773. The van der Waals surface area contributed by atoms with E-state index in [0.29, 0.717) is 0 Å². The van der Waals surface area contributed by atoms with E-state index in [1.807, 2.05) is 62.4 Å². The van der Waals surface area contributed by atoms with Crippen LogP contribution >= 0.6 is 0 Å². The molecule has 0 radical (unpaired) electrons. The van der Waals surface area contributed by atoms with Crippen LogP contribution in [0.5, 0.6) is 0 Å². The molecule has 0 aliphatic heterocycles. The van der Waals surface area contributed by atoms with Crippen LogP contribution in [0.2, 0.25) is 0 Å². The molecule has 0 aliphatic carbocycles. The van der Waals surface area contributed by atoms with E-state index in [-0.39, 0.29) is 0 Å². The fraction of sp³-hybridized carbons (Fsp3) is 0.111. The van der Waals surface area contributed by atoms with E-state index >= 15 is 0 Å². The van der Waals surface area contributed by atoms with Gasteiger partial charge in [0.25, 0.3) is 0 Å². The normalized spacial score (nSPS) is 11.8. The number of nitrogen functional groups attached to an aromatic ring is 1. The number of nitrogens with zero attached hydrogens (tertiary/aromatic N) is 1. The Morgan fingerprint density at radius 3 is 2.05 bits per heavy atom. The number of hydrogen-bond donors (Lipinski definition) is 1. The van der Waals surface area contributed by atoms with Gasteiger partial charge in [-0.2, -0.15) is 0 Å². The first-order valence-corrected chi connectivity index (χ1v) is 6.76. The Hall–Kier alpha value is -2.48. The Morgan fingerprint density at radius 1 is 0.900 bits per heavy atom. The van der Waals surface area contributed by atoms with Crippen molar-refractivity contribution in [3.63, 3.8) is 0 Å². The van der Waals surface area contributed by atoms with Crippen molar-refractivity contribution >= 4 is 17.1 Å². The summed E-state index contributed by atoms with van der Waals surface area (Å²) in [5.41, 5.74) is 9.91. The Labute approximate surface area is 120 Å². The van der Waals surface area contributed by atoms with Crippen molar-refractivity contribution in [1.29, 1.82) is 0 Å². The Kier molecular flexibility index (Phi) is 4.61. The molecule has 0 fully saturated rings. The van der Waals surface area contributed by atoms with Crippen molar-refractivity contribution in [3.8, 4) is 0 Å². The number of allylic oxidation sites excluding steroid dienone is 3. The third kappa shape index (κ3) is 3.09. The third-order valence-corrected chi connectivity index (χ3v) is 3.06. The quantitative estimate of drug-likeness (QED) is 0.629. The maximum Gasteiger partial charge on any atom is 0.0462 e. The molecule has 0 saturated heterocycles. The maximum atomic E-state index is 5.79. The zero-order chi connectivity index (χ0) is 14.4. The predicted octanol–water partition coefficient (Wildman–Crippen LogP) is 4.89. The van der Waals surface area contributed by atoms with Crippen molar-refractivity contribution in [2.75, 3.05) is 10.6 Å². The van der Waals surface area contributed by atoms with Crippen LogP contribution in [0.1, 0.15) is 13.8 Å². The molecule has 2 heteroatoms.